The number of carbonyl (C=O) groups is 1. The highest BCUT2D eigenvalue weighted by Gasteiger charge is 2.39. The smallest absolute Gasteiger partial charge is 0.310 e. The van der Waals surface area contributed by atoms with Crippen LogP contribution in [0.1, 0.15) is 35.6 Å². The van der Waals surface area contributed by atoms with Gasteiger partial charge >= 0.3 is 5.97 Å². The summed E-state index contributed by atoms with van der Waals surface area (Å²) in [7, 11) is 9.52. The van der Waals surface area contributed by atoms with Gasteiger partial charge in [-0.25, -0.2) is 0 Å². The van der Waals surface area contributed by atoms with E-state index in [0.717, 1.165) is 42.8 Å². The van der Waals surface area contributed by atoms with Gasteiger partial charge in [0.2, 0.25) is 5.75 Å². The summed E-state index contributed by atoms with van der Waals surface area (Å²) in [5, 5.41) is 0. The predicted octanol–water partition coefficient (Wildman–Crippen LogP) is 5.24. The molecule has 10 heteroatoms. The lowest BCUT2D eigenvalue weighted by atomic mass is 9.92. The van der Waals surface area contributed by atoms with Crippen LogP contribution >= 0.6 is 0 Å². The molecule has 3 aromatic carbocycles. The predicted molar refractivity (Wildman–Crippen MR) is 164 cm³/mol. The van der Waals surface area contributed by atoms with Gasteiger partial charge in [0, 0.05) is 42.8 Å². The molecule has 0 bridgehead atoms. The lowest BCUT2D eigenvalue weighted by Gasteiger charge is -2.37. The summed E-state index contributed by atoms with van der Waals surface area (Å²) in [6, 6.07) is 15.3. The van der Waals surface area contributed by atoms with Crippen LogP contribution in [0.15, 0.2) is 48.5 Å². The van der Waals surface area contributed by atoms with Gasteiger partial charge in [0.25, 0.3) is 0 Å². The van der Waals surface area contributed by atoms with E-state index < -0.39 is 12.2 Å². The lowest BCUT2D eigenvalue weighted by molar-refractivity contribution is -0.162. The first-order valence-electron chi connectivity index (χ1n) is 14.7. The van der Waals surface area contributed by atoms with Crippen LogP contribution in [0.2, 0.25) is 0 Å². The van der Waals surface area contributed by atoms with Gasteiger partial charge < -0.3 is 37.9 Å². The number of fused-ring (bicyclic) bond motifs is 1. The molecule has 0 saturated carbocycles. The third-order valence-electron chi connectivity index (χ3n) is 8.28. The molecule has 5 rings (SSSR count). The Morgan fingerprint density at radius 1 is 0.818 bits per heavy atom. The Bertz CT molecular complexity index is 1420. The molecular formula is C34H41NO9. The summed E-state index contributed by atoms with van der Waals surface area (Å²) in [5.74, 6) is 3.53. The number of nitrogens with zero attached hydrogens (tertiary/aromatic N) is 1. The maximum Gasteiger partial charge on any atom is 0.310 e. The average molecular weight is 608 g/mol. The number of benzene rings is 3. The third kappa shape index (κ3) is 6.60. The molecule has 44 heavy (non-hydrogen) atoms. The molecule has 3 atom stereocenters. The fourth-order valence-corrected chi connectivity index (χ4v) is 6.00. The largest absolute Gasteiger partial charge is 0.497 e. The van der Waals surface area contributed by atoms with Crippen LogP contribution in [-0.4, -0.2) is 72.7 Å². The van der Waals surface area contributed by atoms with Gasteiger partial charge in [-0.2, -0.15) is 0 Å². The van der Waals surface area contributed by atoms with Crippen LogP contribution in [0.3, 0.4) is 0 Å². The summed E-state index contributed by atoms with van der Waals surface area (Å²) in [6.45, 7) is 2.29. The molecule has 2 aliphatic rings. The second kappa shape index (κ2) is 14.0. The van der Waals surface area contributed by atoms with Gasteiger partial charge in [-0.1, -0.05) is 12.1 Å². The van der Waals surface area contributed by atoms with Crippen LogP contribution in [0.5, 0.6) is 40.2 Å². The fourth-order valence-electron chi connectivity index (χ4n) is 6.00. The van der Waals surface area contributed by atoms with Crippen molar-refractivity contribution in [1.29, 1.82) is 0 Å². The van der Waals surface area contributed by atoms with Crippen molar-refractivity contribution in [3.63, 3.8) is 0 Å². The van der Waals surface area contributed by atoms with Crippen LogP contribution in [0.4, 0.5) is 0 Å². The average Bonchev–Trinajstić information content (AvgIpc) is 3.07. The molecule has 1 fully saturated rings. The highest BCUT2D eigenvalue weighted by atomic mass is 16.6. The maximum absolute atomic E-state index is 13.8. The Kier molecular flexibility index (Phi) is 9.89. The van der Waals surface area contributed by atoms with E-state index in [2.05, 4.69) is 17.0 Å². The normalized spacial score (nSPS) is 19.6. The van der Waals surface area contributed by atoms with Crippen molar-refractivity contribution in [3.05, 3.63) is 65.2 Å². The summed E-state index contributed by atoms with van der Waals surface area (Å²) in [5.41, 5.74) is 2.69. The summed E-state index contributed by atoms with van der Waals surface area (Å²) in [4.78, 5) is 16.1. The van der Waals surface area contributed by atoms with Gasteiger partial charge in [0.15, 0.2) is 17.6 Å². The second-order valence-electron chi connectivity index (χ2n) is 10.9. The molecule has 0 N–H and O–H groups in total. The van der Waals surface area contributed by atoms with Gasteiger partial charge in [-0.3, -0.25) is 9.69 Å². The van der Waals surface area contributed by atoms with Crippen molar-refractivity contribution in [2.45, 2.75) is 38.0 Å². The minimum atomic E-state index is -0.657. The van der Waals surface area contributed by atoms with Crippen molar-refractivity contribution >= 4 is 5.97 Å². The summed E-state index contributed by atoms with van der Waals surface area (Å²) >= 11 is 0. The third-order valence-corrected chi connectivity index (χ3v) is 8.28. The standard InChI is InChI=1S/C34H41NO9/c1-37-24-11-9-21(10-12-24)19-35-13-7-8-22(20-35)34(36)44-31-18-26-27(39-3)16-25(38-2)17-28(26)43-32(31)23-14-29(40-4)33(42-6)30(15-23)41-5/h9-12,14-17,22,31-32H,7-8,13,18-20H2,1-6H3/t22?,31-,32-/m1/s1. The van der Waals surface area contributed by atoms with E-state index in [1.165, 1.54) is 5.56 Å². The number of hydrogen-bond acceptors (Lipinski definition) is 10. The number of carbonyl (C=O) groups excluding carboxylic acids is 1. The lowest BCUT2D eigenvalue weighted by Crippen LogP contribution is -2.42. The zero-order valence-corrected chi connectivity index (χ0v) is 26.2. The van der Waals surface area contributed by atoms with Crippen LogP contribution in [-0.2, 0) is 22.5 Å². The molecule has 1 unspecified atom stereocenters. The number of ether oxygens (including phenoxy) is 8. The van der Waals surface area contributed by atoms with E-state index in [0.29, 0.717) is 47.5 Å². The molecule has 0 aliphatic carbocycles. The minimum absolute atomic E-state index is 0.244. The van der Waals surface area contributed by atoms with Crippen molar-refractivity contribution in [3.8, 4) is 40.2 Å². The van der Waals surface area contributed by atoms with Crippen molar-refractivity contribution in [2.24, 2.45) is 5.92 Å². The van der Waals surface area contributed by atoms with E-state index in [9.17, 15) is 4.79 Å². The van der Waals surface area contributed by atoms with Gasteiger partial charge in [0.1, 0.15) is 29.1 Å². The first kappa shape index (κ1) is 31.1. The molecule has 3 aromatic rings. The number of methoxy groups -OCH3 is 6. The van der Waals surface area contributed by atoms with Gasteiger partial charge in [0.05, 0.1) is 48.6 Å². The van der Waals surface area contributed by atoms with Gasteiger partial charge in [-0.15, -0.1) is 0 Å². The second-order valence-corrected chi connectivity index (χ2v) is 10.9. The maximum atomic E-state index is 13.8. The Balaban J connectivity index is 1.42. The Labute approximate surface area is 258 Å². The minimum Gasteiger partial charge on any atom is -0.497 e. The monoisotopic (exact) mass is 607 g/mol. The molecule has 10 nitrogen and oxygen atoms in total. The number of piperidine rings is 1. The number of rotatable bonds is 11. The van der Waals surface area contributed by atoms with E-state index in [4.69, 9.17) is 37.9 Å². The molecule has 236 valence electrons. The molecule has 0 spiro atoms. The molecular weight excluding hydrogens is 566 g/mol. The van der Waals surface area contributed by atoms with Crippen LogP contribution < -0.4 is 33.2 Å². The zero-order chi connectivity index (χ0) is 31.2. The number of likely N-dealkylation sites (tertiary alicyclic amines) is 1. The SMILES string of the molecule is COc1ccc(CN2CCCC(C(=O)O[C@@H]3Cc4c(OC)cc(OC)cc4O[C@@H]3c3cc(OC)c(OC)c(OC)c3)C2)cc1. The number of hydrogen-bond donors (Lipinski definition) is 0. The highest BCUT2D eigenvalue weighted by Crippen LogP contribution is 2.47. The fraction of sp³-hybridized carbons (Fsp3) is 0.441. The molecule has 0 aromatic heterocycles. The van der Waals surface area contributed by atoms with Gasteiger partial charge in [-0.05, 0) is 49.2 Å². The van der Waals surface area contributed by atoms with E-state index in [1.54, 1.807) is 48.7 Å². The Morgan fingerprint density at radius 2 is 1.50 bits per heavy atom. The van der Waals surface area contributed by atoms with Crippen LogP contribution in [0.25, 0.3) is 0 Å². The first-order chi connectivity index (χ1) is 21.4. The first-order valence-corrected chi connectivity index (χ1v) is 14.7. The topological polar surface area (TPSA) is 94.2 Å². The van der Waals surface area contributed by atoms with E-state index in [1.807, 2.05) is 30.3 Å². The summed E-state index contributed by atoms with van der Waals surface area (Å²) < 4.78 is 46.1. The summed E-state index contributed by atoms with van der Waals surface area (Å²) in [6.07, 6.45) is 0.757. The molecule has 1 saturated heterocycles. The molecule has 0 radical (unpaired) electrons. The molecule has 2 aliphatic heterocycles. The Hall–Kier alpha value is -4.31. The Morgan fingerprint density at radius 3 is 2.11 bits per heavy atom. The molecule has 2 heterocycles. The van der Waals surface area contributed by atoms with E-state index >= 15 is 0 Å². The van der Waals surface area contributed by atoms with Crippen LogP contribution in [0, 0.1) is 5.92 Å². The zero-order valence-electron chi connectivity index (χ0n) is 26.2. The highest BCUT2D eigenvalue weighted by molar-refractivity contribution is 5.73. The molecule has 0 amide bonds. The van der Waals surface area contributed by atoms with E-state index in [-0.39, 0.29) is 11.9 Å². The number of esters is 1. The van der Waals surface area contributed by atoms with Crippen molar-refractivity contribution in [2.75, 3.05) is 55.7 Å². The van der Waals surface area contributed by atoms with Crippen molar-refractivity contribution < 1.29 is 42.7 Å². The van der Waals surface area contributed by atoms with Crippen molar-refractivity contribution in [1.82, 2.24) is 4.90 Å². The quantitative estimate of drug-likeness (QED) is 0.270.